The van der Waals surface area contributed by atoms with Gasteiger partial charge in [0.15, 0.2) is 5.22 Å². The monoisotopic (exact) mass is 274 g/mol. The molecule has 0 fully saturated rings. The Bertz CT molecular complexity index is 525. The summed E-state index contributed by atoms with van der Waals surface area (Å²) < 4.78 is 18.5. The van der Waals surface area contributed by atoms with E-state index < -0.39 is 11.9 Å². The summed E-state index contributed by atoms with van der Waals surface area (Å²) in [5.41, 5.74) is 0.331. The third kappa shape index (κ3) is 3.00. The van der Waals surface area contributed by atoms with Crippen LogP contribution in [0.2, 0.25) is 10.2 Å². The fourth-order valence-electron chi connectivity index (χ4n) is 1.52. The highest BCUT2D eigenvalue weighted by Gasteiger charge is 2.15. The van der Waals surface area contributed by atoms with Crippen LogP contribution >= 0.6 is 23.2 Å². The van der Waals surface area contributed by atoms with E-state index in [0.29, 0.717) is 16.3 Å². The highest BCUT2D eigenvalue weighted by Crippen LogP contribution is 2.25. The van der Waals surface area contributed by atoms with Crippen molar-refractivity contribution in [1.29, 1.82) is 0 Å². The second kappa shape index (κ2) is 5.08. The summed E-state index contributed by atoms with van der Waals surface area (Å²) in [4.78, 5) is 0. The minimum absolute atomic E-state index is 0.0796. The first-order valence-electron chi connectivity index (χ1n) is 4.93. The third-order valence-corrected chi connectivity index (χ3v) is 2.78. The van der Waals surface area contributed by atoms with Gasteiger partial charge in [-0.2, -0.15) is 0 Å². The molecule has 1 N–H and O–H groups in total. The zero-order valence-corrected chi connectivity index (χ0v) is 10.2. The molecule has 0 aliphatic heterocycles. The molecule has 0 amide bonds. The number of halogens is 3. The van der Waals surface area contributed by atoms with Crippen molar-refractivity contribution >= 4 is 23.2 Å². The summed E-state index contributed by atoms with van der Waals surface area (Å²) in [7, 11) is 0. The van der Waals surface area contributed by atoms with E-state index >= 15 is 0 Å². The predicted molar refractivity (Wildman–Crippen MR) is 63.8 cm³/mol. The van der Waals surface area contributed by atoms with Crippen LogP contribution in [0.5, 0.6) is 0 Å². The van der Waals surface area contributed by atoms with Crippen molar-refractivity contribution in [2.75, 3.05) is 0 Å². The quantitative estimate of drug-likeness (QED) is 0.918. The van der Waals surface area contributed by atoms with Crippen molar-refractivity contribution in [3.05, 3.63) is 57.7 Å². The molecule has 1 heterocycles. The first-order valence-corrected chi connectivity index (χ1v) is 5.69. The minimum Gasteiger partial charge on any atom is -0.447 e. The molecule has 1 aromatic heterocycles. The molecule has 0 radical (unpaired) electrons. The van der Waals surface area contributed by atoms with Crippen LogP contribution in [0.15, 0.2) is 34.7 Å². The third-order valence-electron chi connectivity index (χ3n) is 2.34. The molecule has 0 bridgehead atoms. The number of rotatable bonds is 3. The first-order chi connectivity index (χ1) is 8.06. The predicted octanol–water partition coefficient (Wildman–Crippen LogP) is 4.00. The number of furan rings is 1. The van der Waals surface area contributed by atoms with Crippen LogP contribution in [-0.4, -0.2) is 5.11 Å². The zero-order valence-electron chi connectivity index (χ0n) is 8.66. The smallest absolute Gasteiger partial charge is 0.193 e. The van der Waals surface area contributed by atoms with Crippen LogP contribution in [0.1, 0.15) is 17.4 Å². The second-order valence-electron chi connectivity index (χ2n) is 3.60. The lowest BCUT2D eigenvalue weighted by atomic mass is 10.1. The Labute approximate surface area is 108 Å². The van der Waals surface area contributed by atoms with Crippen LogP contribution in [0, 0.1) is 5.82 Å². The standard InChI is InChI=1S/C12H9Cl2FO2/c13-8-1-2-9(15)7(5-8)6-10(16)11-3-4-12(14)17-11/h1-5,10,16H,6H2. The number of hydrogen-bond acceptors (Lipinski definition) is 2. The van der Waals surface area contributed by atoms with Gasteiger partial charge in [-0.15, -0.1) is 0 Å². The lowest BCUT2D eigenvalue weighted by Gasteiger charge is -2.08. The van der Waals surface area contributed by atoms with Crippen LogP contribution in [0.4, 0.5) is 4.39 Å². The molecule has 5 heteroatoms. The highest BCUT2D eigenvalue weighted by atomic mass is 35.5. The number of hydrogen-bond donors (Lipinski definition) is 1. The van der Waals surface area contributed by atoms with Gasteiger partial charge in [0.25, 0.3) is 0 Å². The molecule has 0 saturated heterocycles. The maximum Gasteiger partial charge on any atom is 0.193 e. The molecule has 2 rings (SSSR count). The Hall–Kier alpha value is -1.03. The second-order valence-corrected chi connectivity index (χ2v) is 4.41. The van der Waals surface area contributed by atoms with Gasteiger partial charge >= 0.3 is 0 Å². The largest absolute Gasteiger partial charge is 0.447 e. The molecule has 2 aromatic rings. The summed E-state index contributed by atoms with van der Waals surface area (Å²) >= 11 is 11.3. The van der Waals surface area contributed by atoms with E-state index in [4.69, 9.17) is 27.6 Å². The lowest BCUT2D eigenvalue weighted by molar-refractivity contribution is 0.149. The van der Waals surface area contributed by atoms with Gasteiger partial charge in [-0.05, 0) is 47.5 Å². The van der Waals surface area contributed by atoms with Crippen LogP contribution < -0.4 is 0 Å². The van der Waals surface area contributed by atoms with Gasteiger partial charge in [-0.3, -0.25) is 0 Å². The van der Waals surface area contributed by atoms with Gasteiger partial charge in [0, 0.05) is 11.4 Å². The number of aliphatic hydroxyl groups excluding tert-OH is 1. The van der Waals surface area contributed by atoms with E-state index in [1.165, 1.54) is 24.3 Å². The Kier molecular flexibility index (Phi) is 3.72. The molecule has 0 aliphatic carbocycles. The Morgan fingerprint density at radius 1 is 1.24 bits per heavy atom. The van der Waals surface area contributed by atoms with E-state index in [9.17, 15) is 9.50 Å². The van der Waals surface area contributed by atoms with Gasteiger partial charge in [-0.1, -0.05) is 11.6 Å². The van der Waals surface area contributed by atoms with E-state index in [1.54, 1.807) is 6.07 Å². The van der Waals surface area contributed by atoms with Crippen LogP contribution in [-0.2, 0) is 6.42 Å². The zero-order chi connectivity index (χ0) is 12.4. The average molecular weight is 275 g/mol. The summed E-state index contributed by atoms with van der Waals surface area (Å²) in [6.45, 7) is 0. The van der Waals surface area contributed by atoms with Crippen molar-refractivity contribution in [3.8, 4) is 0 Å². The summed E-state index contributed by atoms with van der Waals surface area (Å²) in [6.07, 6.45) is -0.869. The Morgan fingerprint density at radius 3 is 2.65 bits per heavy atom. The molecule has 2 nitrogen and oxygen atoms in total. The normalized spacial score (nSPS) is 12.7. The summed E-state index contributed by atoms with van der Waals surface area (Å²) in [5.74, 6) is -0.111. The Balaban J connectivity index is 2.18. The lowest BCUT2D eigenvalue weighted by Crippen LogP contribution is -2.02. The maximum absolute atomic E-state index is 13.4. The topological polar surface area (TPSA) is 33.4 Å². The van der Waals surface area contributed by atoms with Gasteiger partial charge in [0.1, 0.15) is 17.7 Å². The molecule has 90 valence electrons. The Morgan fingerprint density at radius 2 is 2.00 bits per heavy atom. The fraction of sp³-hybridized carbons (Fsp3) is 0.167. The molecule has 1 aromatic carbocycles. The van der Waals surface area contributed by atoms with Crippen molar-refractivity contribution in [1.82, 2.24) is 0 Å². The molecule has 0 aliphatic rings. The van der Waals surface area contributed by atoms with E-state index in [0.717, 1.165) is 0 Å². The van der Waals surface area contributed by atoms with Crippen molar-refractivity contribution < 1.29 is 13.9 Å². The van der Waals surface area contributed by atoms with Crippen LogP contribution in [0.3, 0.4) is 0 Å². The first kappa shape index (κ1) is 12.4. The van der Waals surface area contributed by atoms with Crippen molar-refractivity contribution in [2.24, 2.45) is 0 Å². The van der Waals surface area contributed by atoms with Gasteiger partial charge in [0.2, 0.25) is 0 Å². The van der Waals surface area contributed by atoms with Gasteiger partial charge < -0.3 is 9.52 Å². The summed E-state index contributed by atoms with van der Waals surface area (Å²) in [5, 5.41) is 10.4. The average Bonchev–Trinajstić information content (AvgIpc) is 2.70. The number of benzene rings is 1. The van der Waals surface area contributed by atoms with E-state index in [-0.39, 0.29) is 11.6 Å². The van der Waals surface area contributed by atoms with E-state index in [2.05, 4.69) is 0 Å². The highest BCUT2D eigenvalue weighted by molar-refractivity contribution is 6.30. The SMILES string of the molecule is OC(Cc1cc(Cl)ccc1F)c1ccc(Cl)o1. The van der Waals surface area contributed by atoms with Gasteiger partial charge in [-0.25, -0.2) is 4.39 Å². The molecule has 0 saturated carbocycles. The maximum atomic E-state index is 13.4. The van der Waals surface area contributed by atoms with Crippen LogP contribution in [0.25, 0.3) is 0 Å². The minimum atomic E-state index is -0.949. The molecule has 1 atom stereocenters. The van der Waals surface area contributed by atoms with Crippen molar-refractivity contribution in [2.45, 2.75) is 12.5 Å². The van der Waals surface area contributed by atoms with Gasteiger partial charge in [0.05, 0.1) is 0 Å². The molecular weight excluding hydrogens is 266 g/mol. The molecule has 17 heavy (non-hydrogen) atoms. The molecule has 0 spiro atoms. The molecular formula is C12H9Cl2FO2. The summed E-state index contributed by atoms with van der Waals surface area (Å²) in [6, 6.07) is 7.27. The number of aliphatic hydroxyl groups is 1. The van der Waals surface area contributed by atoms with Crippen molar-refractivity contribution in [3.63, 3.8) is 0 Å². The fourth-order valence-corrected chi connectivity index (χ4v) is 1.86. The van der Waals surface area contributed by atoms with E-state index in [1.807, 2.05) is 0 Å². The molecule has 1 unspecified atom stereocenters.